The van der Waals surface area contributed by atoms with Crippen LogP contribution < -0.4 is 10.6 Å². The molecule has 0 radical (unpaired) electrons. The first-order chi connectivity index (χ1) is 8.25. The summed E-state index contributed by atoms with van der Waals surface area (Å²) in [5, 5.41) is 7.87. The van der Waals surface area contributed by atoms with Gasteiger partial charge in [-0.2, -0.15) is 0 Å². The molecule has 1 aliphatic heterocycles. The molecule has 2 aliphatic rings. The maximum absolute atomic E-state index is 11.7. The van der Waals surface area contributed by atoms with Crippen LogP contribution in [0, 0.1) is 11.8 Å². The van der Waals surface area contributed by atoms with Gasteiger partial charge in [-0.3, -0.25) is 0 Å². The summed E-state index contributed by atoms with van der Waals surface area (Å²) in [6.07, 6.45) is 0. The molecule has 4 nitrogen and oxygen atoms in total. The number of urea groups is 1. The Bertz CT molecular complexity index is 427. The lowest BCUT2D eigenvalue weighted by Gasteiger charge is -2.08. The minimum absolute atomic E-state index is 0.0810. The van der Waals surface area contributed by atoms with Crippen LogP contribution in [-0.2, 0) is 11.3 Å². The Morgan fingerprint density at radius 2 is 2.29 bits per heavy atom. The number of rotatable bonds is 3. The molecular formula is C11H13BrN2O2S. The summed E-state index contributed by atoms with van der Waals surface area (Å²) in [6.45, 7) is 2.16. The van der Waals surface area contributed by atoms with Crippen LogP contribution in [0.5, 0.6) is 0 Å². The second-order valence-electron chi connectivity index (χ2n) is 4.44. The third-order valence-electron chi connectivity index (χ3n) is 3.38. The number of halogens is 1. The number of ether oxygens (including phenoxy) is 1. The molecular weight excluding hydrogens is 304 g/mol. The van der Waals surface area contributed by atoms with Gasteiger partial charge in [0, 0.05) is 24.4 Å². The van der Waals surface area contributed by atoms with Crippen molar-refractivity contribution in [3.8, 4) is 0 Å². The second kappa shape index (κ2) is 4.59. The number of hydrogen-bond donors (Lipinski definition) is 2. The highest BCUT2D eigenvalue weighted by Crippen LogP contribution is 2.43. The summed E-state index contributed by atoms with van der Waals surface area (Å²) < 4.78 is 6.35. The van der Waals surface area contributed by atoms with Crippen LogP contribution in [0.15, 0.2) is 15.2 Å². The van der Waals surface area contributed by atoms with E-state index in [2.05, 4.69) is 26.6 Å². The van der Waals surface area contributed by atoms with Gasteiger partial charge < -0.3 is 15.4 Å². The summed E-state index contributed by atoms with van der Waals surface area (Å²) in [6, 6.07) is 2.26. The van der Waals surface area contributed by atoms with Crippen molar-refractivity contribution >= 4 is 33.3 Å². The third kappa shape index (κ3) is 2.34. The van der Waals surface area contributed by atoms with E-state index in [-0.39, 0.29) is 6.03 Å². The molecule has 0 spiro atoms. The van der Waals surface area contributed by atoms with Crippen LogP contribution in [-0.4, -0.2) is 25.3 Å². The molecule has 92 valence electrons. The van der Waals surface area contributed by atoms with Gasteiger partial charge in [-0.25, -0.2) is 4.79 Å². The van der Waals surface area contributed by atoms with Gasteiger partial charge in [0.25, 0.3) is 0 Å². The monoisotopic (exact) mass is 316 g/mol. The van der Waals surface area contributed by atoms with E-state index in [4.69, 9.17) is 4.74 Å². The largest absolute Gasteiger partial charge is 0.381 e. The number of thiophene rings is 1. The van der Waals surface area contributed by atoms with Crippen LogP contribution in [0.4, 0.5) is 4.79 Å². The van der Waals surface area contributed by atoms with Gasteiger partial charge in [-0.05, 0) is 32.9 Å². The van der Waals surface area contributed by atoms with Crippen molar-refractivity contribution in [3.63, 3.8) is 0 Å². The van der Waals surface area contributed by atoms with E-state index in [1.807, 2.05) is 11.4 Å². The Labute approximate surface area is 112 Å². The summed E-state index contributed by atoms with van der Waals surface area (Å²) in [5.41, 5.74) is 1.12. The molecule has 6 heteroatoms. The minimum Gasteiger partial charge on any atom is -0.381 e. The van der Waals surface area contributed by atoms with E-state index in [9.17, 15) is 4.79 Å². The SMILES string of the molecule is O=C(NCc1ccsc1Br)NC1[C@H]2COC[C@@H]12. The summed E-state index contributed by atoms with van der Waals surface area (Å²) >= 11 is 5.07. The Morgan fingerprint density at radius 1 is 1.53 bits per heavy atom. The molecule has 1 saturated heterocycles. The van der Waals surface area contributed by atoms with Gasteiger partial charge in [-0.15, -0.1) is 11.3 Å². The number of amides is 2. The van der Waals surface area contributed by atoms with Gasteiger partial charge in [0.2, 0.25) is 0 Å². The zero-order valence-electron chi connectivity index (χ0n) is 9.11. The highest BCUT2D eigenvalue weighted by atomic mass is 79.9. The molecule has 3 atom stereocenters. The standard InChI is InChI=1S/C11H13BrN2O2S/c12-10-6(1-2-17-10)3-13-11(15)14-9-7-4-16-5-8(7)9/h1-2,7-9H,3-5H2,(H2,13,14,15)/t7-,8+,9?. The third-order valence-corrected chi connectivity index (χ3v) is 5.19. The lowest BCUT2D eigenvalue weighted by molar-refractivity contribution is 0.156. The zero-order valence-corrected chi connectivity index (χ0v) is 11.5. The van der Waals surface area contributed by atoms with Crippen LogP contribution in [0.1, 0.15) is 5.56 Å². The number of hydrogen-bond acceptors (Lipinski definition) is 3. The van der Waals surface area contributed by atoms with Crippen LogP contribution >= 0.6 is 27.3 Å². The van der Waals surface area contributed by atoms with Gasteiger partial charge >= 0.3 is 6.03 Å². The fraction of sp³-hybridized carbons (Fsp3) is 0.545. The highest BCUT2D eigenvalue weighted by molar-refractivity contribution is 9.11. The molecule has 2 amide bonds. The quantitative estimate of drug-likeness (QED) is 0.895. The molecule has 17 heavy (non-hydrogen) atoms. The normalized spacial score (nSPS) is 29.8. The lowest BCUT2D eigenvalue weighted by Crippen LogP contribution is -2.38. The van der Waals surface area contributed by atoms with E-state index < -0.39 is 0 Å². The van der Waals surface area contributed by atoms with Crippen LogP contribution in [0.2, 0.25) is 0 Å². The van der Waals surface area contributed by atoms with Crippen LogP contribution in [0.25, 0.3) is 0 Å². The molecule has 1 aliphatic carbocycles. The fourth-order valence-corrected chi connectivity index (χ4v) is 3.52. The summed E-state index contributed by atoms with van der Waals surface area (Å²) in [4.78, 5) is 11.7. The zero-order chi connectivity index (χ0) is 11.8. The Morgan fingerprint density at radius 3 is 2.94 bits per heavy atom. The van der Waals surface area contributed by atoms with Crippen molar-refractivity contribution in [2.24, 2.45) is 11.8 Å². The van der Waals surface area contributed by atoms with Crippen molar-refractivity contribution in [3.05, 3.63) is 20.8 Å². The van der Waals surface area contributed by atoms with E-state index in [0.29, 0.717) is 24.4 Å². The smallest absolute Gasteiger partial charge is 0.315 e. The van der Waals surface area contributed by atoms with Gasteiger partial charge in [0.1, 0.15) is 0 Å². The maximum atomic E-state index is 11.7. The first-order valence-corrected chi connectivity index (χ1v) is 7.27. The molecule has 1 aromatic heterocycles. The lowest BCUT2D eigenvalue weighted by atomic mass is 10.3. The number of fused-ring (bicyclic) bond motifs is 1. The summed E-state index contributed by atoms with van der Waals surface area (Å²) in [7, 11) is 0. The second-order valence-corrected chi connectivity index (χ2v) is 6.67. The topological polar surface area (TPSA) is 50.4 Å². The molecule has 3 rings (SSSR count). The van der Waals surface area contributed by atoms with Gasteiger partial charge in [-0.1, -0.05) is 0 Å². The van der Waals surface area contributed by atoms with E-state index in [0.717, 1.165) is 22.6 Å². The molecule has 2 N–H and O–H groups in total. The first kappa shape index (κ1) is 11.5. The van der Waals surface area contributed by atoms with E-state index in [1.165, 1.54) is 0 Å². The van der Waals surface area contributed by atoms with E-state index in [1.54, 1.807) is 11.3 Å². The molecule has 1 aromatic rings. The van der Waals surface area contributed by atoms with Crippen molar-refractivity contribution in [2.45, 2.75) is 12.6 Å². The van der Waals surface area contributed by atoms with Gasteiger partial charge in [0.05, 0.1) is 17.0 Å². The molecule has 1 saturated carbocycles. The average Bonchev–Trinajstić information content (AvgIpc) is 2.75. The van der Waals surface area contributed by atoms with Crippen molar-refractivity contribution < 1.29 is 9.53 Å². The van der Waals surface area contributed by atoms with Crippen molar-refractivity contribution in [1.29, 1.82) is 0 Å². The Hall–Kier alpha value is -0.590. The van der Waals surface area contributed by atoms with Gasteiger partial charge in [0.15, 0.2) is 0 Å². The predicted molar refractivity (Wildman–Crippen MR) is 69.0 cm³/mol. The average molecular weight is 317 g/mol. The minimum atomic E-state index is -0.0810. The molecule has 2 fully saturated rings. The number of carbonyl (C=O) groups excluding carboxylic acids is 1. The maximum Gasteiger partial charge on any atom is 0.315 e. The first-order valence-electron chi connectivity index (χ1n) is 5.59. The van der Waals surface area contributed by atoms with Crippen LogP contribution in [0.3, 0.4) is 0 Å². The molecule has 1 unspecified atom stereocenters. The van der Waals surface area contributed by atoms with Crippen molar-refractivity contribution in [2.75, 3.05) is 13.2 Å². The highest BCUT2D eigenvalue weighted by Gasteiger charge is 2.54. The molecule has 0 bridgehead atoms. The Kier molecular flexibility index (Phi) is 3.10. The van der Waals surface area contributed by atoms with Crippen molar-refractivity contribution in [1.82, 2.24) is 10.6 Å². The van der Waals surface area contributed by atoms with E-state index >= 15 is 0 Å². The fourth-order valence-electron chi connectivity index (χ4n) is 2.28. The number of nitrogens with one attached hydrogen (secondary N) is 2. The molecule has 2 heterocycles. The Balaban J connectivity index is 1.44. The molecule has 0 aromatic carbocycles. The number of carbonyl (C=O) groups is 1. The predicted octanol–water partition coefficient (Wildman–Crippen LogP) is 1.95. The summed E-state index contributed by atoms with van der Waals surface area (Å²) in [5.74, 6) is 1.10.